The van der Waals surface area contributed by atoms with Crippen LogP contribution in [0.2, 0.25) is 0 Å². The number of alkyl halides is 6. The van der Waals surface area contributed by atoms with E-state index in [0.717, 1.165) is 0 Å². The molecule has 0 heterocycles. The van der Waals surface area contributed by atoms with Gasteiger partial charge < -0.3 is 5.11 Å². The summed E-state index contributed by atoms with van der Waals surface area (Å²) in [5.41, 5.74) is -4.56. The second kappa shape index (κ2) is 3.77. The standard InChI is InChI=1S/C11H14F6O/c1-5-2-7-3-6(5)4-8(7)9(18,10(12,13)14)11(15,16)17/h5-8,18H,2-4H2,1H3/t5-,6?,7?,8?/m1/s1. The lowest BCUT2D eigenvalue weighted by molar-refractivity contribution is -0.389. The average molecular weight is 276 g/mol. The van der Waals surface area contributed by atoms with E-state index in [-0.39, 0.29) is 18.3 Å². The summed E-state index contributed by atoms with van der Waals surface area (Å²) in [7, 11) is 0. The van der Waals surface area contributed by atoms with Gasteiger partial charge in [0.05, 0.1) is 0 Å². The minimum Gasteiger partial charge on any atom is -0.373 e. The molecule has 2 rings (SSSR count). The van der Waals surface area contributed by atoms with E-state index in [1.54, 1.807) is 0 Å². The number of aliphatic hydroxyl groups is 1. The lowest BCUT2D eigenvalue weighted by Crippen LogP contribution is -2.62. The lowest BCUT2D eigenvalue weighted by atomic mass is 9.73. The molecule has 1 N–H and O–H groups in total. The van der Waals surface area contributed by atoms with Crippen LogP contribution in [0.3, 0.4) is 0 Å². The van der Waals surface area contributed by atoms with E-state index in [4.69, 9.17) is 0 Å². The Morgan fingerprint density at radius 2 is 1.33 bits per heavy atom. The minimum atomic E-state index is -5.68. The van der Waals surface area contributed by atoms with Crippen LogP contribution in [0.5, 0.6) is 0 Å². The van der Waals surface area contributed by atoms with Crippen LogP contribution in [-0.4, -0.2) is 23.1 Å². The third-order valence-corrected chi connectivity index (χ3v) is 4.61. The second-order valence-corrected chi connectivity index (χ2v) is 5.57. The Morgan fingerprint density at radius 1 is 0.833 bits per heavy atom. The van der Waals surface area contributed by atoms with Gasteiger partial charge in [0.1, 0.15) is 0 Å². The van der Waals surface area contributed by atoms with Crippen LogP contribution in [0.15, 0.2) is 0 Å². The SMILES string of the molecule is C[C@@H]1CC2CC1CC2C(O)(C(F)(F)F)C(F)(F)F. The number of fused-ring (bicyclic) bond motifs is 2. The highest BCUT2D eigenvalue weighted by Gasteiger charge is 2.76. The van der Waals surface area contributed by atoms with E-state index < -0.39 is 29.8 Å². The summed E-state index contributed by atoms with van der Waals surface area (Å²) in [4.78, 5) is 0. The molecule has 0 spiro atoms. The van der Waals surface area contributed by atoms with Crippen molar-refractivity contribution in [3.63, 3.8) is 0 Å². The highest BCUT2D eigenvalue weighted by atomic mass is 19.4. The van der Waals surface area contributed by atoms with Crippen molar-refractivity contribution in [1.29, 1.82) is 0 Å². The first-order chi connectivity index (χ1) is 7.98. The van der Waals surface area contributed by atoms with Gasteiger partial charge in [-0.3, -0.25) is 0 Å². The van der Waals surface area contributed by atoms with Crippen molar-refractivity contribution in [1.82, 2.24) is 0 Å². The third kappa shape index (κ3) is 1.73. The van der Waals surface area contributed by atoms with E-state index in [1.807, 2.05) is 6.92 Å². The fraction of sp³-hybridized carbons (Fsp3) is 1.00. The third-order valence-electron chi connectivity index (χ3n) is 4.61. The predicted molar refractivity (Wildman–Crippen MR) is 50.5 cm³/mol. The molecule has 106 valence electrons. The summed E-state index contributed by atoms with van der Waals surface area (Å²) in [6.45, 7) is 1.83. The predicted octanol–water partition coefficient (Wildman–Crippen LogP) is 3.52. The topological polar surface area (TPSA) is 20.2 Å². The maximum atomic E-state index is 12.7. The van der Waals surface area contributed by atoms with Gasteiger partial charge in [-0.1, -0.05) is 6.92 Å². The molecular formula is C11H14F6O. The summed E-state index contributed by atoms with van der Waals surface area (Å²) in [5, 5.41) is 9.34. The second-order valence-electron chi connectivity index (χ2n) is 5.57. The molecule has 0 aromatic rings. The van der Waals surface area contributed by atoms with Crippen LogP contribution in [0, 0.1) is 23.7 Å². The Hall–Kier alpha value is -0.460. The number of hydrogen-bond acceptors (Lipinski definition) is 1. The molecule has 0 amide bonds. The Bertz CT molecular complexity index is 317. The van der Waals surface area contributed by atoms with E-state index >= 15 is 0 Å². The number of hydrogen-bond donors (Lipinski definition) is 1. The largest absolute Gasteiger partial charge is 0.426 e. The van der Waals surface area contributed by atoms with Crippen LogP contribution >= 0.6 is 0 Å². The smallest absolute Gasteiger partial charge is 0.373 e. The Balaban J connectivity index is 2.34. The molecule has 1 nitrogen and oxygen atoms in total. The molecule has 2 saturated carbocycles. The van der Waals surface area contributed by atoms with E-state index in [2.05, 4.69) is 0 Å². The highest BCUT2D eigenvalue weighted by Crippen LogP contribution is 2.61. The first kappa shape index (κ1) is 14.0. The quantitative estimate of drug-likeness (QED) is 0.726. The van der Waals surface area contributed by atoms with Crippen molar-refractivity contribution in [3.8, 4) is 0 Å². The monoisotopic (exact) mass is 276 g/mol. The Kier molecular flexibility index (Phi) is 2.93. The van der Waals surface area contributed by atoms with Crippen molar-refractivity contribution in [3.05, 3.63) is 0 Å². The Labute approximate surface area is 100 Å². The van der Waals surface area contributed by atoms with Crippen LogP contribution in [0.25, 0.3) is 0 Å². The minimum absolute atomic E-state index is 0.128. The fourth-order valence-electron chi connectivity index (χ4n) is 3.66. The summed E-state index contributed by atoms with van der Waals surface area (Å²) in [6, 6.07) is 0. The van der Waals surface area contributed by atoms with Gasteiger partial charge in [-0.15, -0.1) is 0 Å². The zero-order valence-electron chi connectivity index (χ0n) is 9.65. The summed E-state index contributed by atoms with van der Waals surface area (Å²) < 4.78 is 76.2. The van der Waals surface area contributed by atoms with Crippen LogP contribution < -0.4 is 0 Å². The van der Waals surface area contributed by atoms with Crippen LogP contribution in [0.1, 0.15) is 26.2 Å². The van der Waals surface area contributed by atoms with Crippen LogP contribution in [-0.2, 0) is 0 Å². The summed E-state index contributed by atoms with van der Waals surface area (Å²) in [6.07, 6.45) is -10.8. The van der Waals surface area contributed by atoms with Gasteiger partial charge in [-0.05, 0) is 37.0 Å². The molecule has 2 bridgehead atoms. The molecule has 0 aliphatic heterocycles. The van der Waals surface area contributed by atoms with Gasteiger partial charge in [0.25, 0.3) is 5.60 Å². The molecular weight excluding hydrogens is 262 g/mol. The van der Waals surface area contributed by atoms with Crippen molar-refractivity contribution in [2.45, 2.75) is 44.1 Å². The normalized spacial score (nSPS) is 37.3. The van der Waals surface area contributed by atoms with Gasteiger partial charge in [-0.2, -0.15) is 26.3 Å². The maximum absolute atomic E-state index is 12.7. The van der Waals surface area contributed by atoms with E-state index in [9.17, 15) is 31.4 Å². The van der Waals surface area contributed by atoms with E-state index in [0.29, 0.717) is 12.8 Å². The van der Waals surface area contributed by atoms with Gasteiger partial charge in [-0.25, -0.2) is 0 Å². The summed E-state index contributed by atoms with van der Waals surface area (Å²) >= 11 is 0. The van der Waals surface area contributed by atoms with Crippen molar-refractivity contribution >= 4 is 0 Å². The molecule has 18 heavy (non-hydrogen) atoms. The molecule has 2 aliphatic rings. The van der Waals surface area contributed by atoms with Gasteiger partial charge in [0.15, 0.2) is 0 Å². The molecule has 0 radical (unpaired) electrons. The average Bonchev–Trinajstić information content (AvgIpc) is 2.70. The van der Waals surface area contributed by atoms with Crippen molar-refractivity contribution in [2.75, 3.05) is 0 Å². The zero-order chi connectivity index (χ0) is 13.9. The lowest BCUT2D eigenvalue weighted by Gasteiger charge is -2.41. The number of rotatable bonds is 1. The molecule has 0 saturated heterocycles. The van der Waals surface area contributed by atoms with Gasteiger partial charge in [0, 0.05) is 5.92 Å². The molecule has 3 unspecified atom stereocenters. The zero-order valence-corrected chi connectivity index (χ0v) is 9.65. The van der Waals surface area contributed by atoms with Crippen LogP contribution in [0.4, 0.5) is 26.3 Å². The van der Waals surface area contributed by atoms with Crippen molar-refractivity contribution < 1.29 is 31.4 Å². The van der Waals surface area contributed by atoms with Gasteiger partial charge in [0.2, 0.25) is 0 Å². The fourth-order valence-corrected chi connectivity index (χ4v) is 3.66. The maximum Gasteiger partial charge on any atom is 0.426 e. The molecule has 2 fully saturated rings. The Morgan fingerprint density at radius 3 is 1.61 bits per heavy atom. The molecule has 0 aromatic carbocycles. The number of halogens is 6. The van der Waals surface area contributed by atoms with Crippen molar-refractivity contribution in [2.24, 2.45) is 23.7 Å². The molecule has 4 atom stereocenters. The molecule has 7 heteroatoms. The summed E-state index contributed by atoms with van der Waals surface area (Å²) in [5.74, 6) is -2.41. The van der Waals surface area contributed by atoms with E-state index in [1.165, 1.54) is 0 Å². The molecule has 2 aliphatic carbocycles. The first-order valence-electron chi connectivity index (χ1n) is 5.84. The first-order valence-corrected chi connectivity index (χ1v) is 5.84. The molecule has 0 aromatic heterocycles. The highest BCUT2D eigenvalue weighted by molar-refractivity contribution is 5.08. The van der Waals surface area contributed by atoms with Gasteiger partial charge >= 0.3 is 12.4 Å².